The topological polar surface area (TPSA) is 76.7 Å². The Morgan fingerprint density at radius 2 is 2.38 bits per heavy atom. The Bertz CT molecular complexity index is 527. The number of aromatic nitrogens is 3. The number of aryl methyl sites for hydroxylation is 1. The van der Waals surface area contributed by atoms with Gasteiger partial charge in [0.25, 0.3) is 5.56 Å². The maximum Gasteiger partial charge on any atom is 0.263 e. The molecule has 0 amide bonds. The van der Waals surface area contributed by atoms with Crippen LogP contribution in [0.4, 0.5) is 5.95 Å². The van der Waals surface area contributed by atoms with E-state index in [1.807, 2.05) is 0 Å². The molecule has 0 atom stereocenters. The summed E-state index contributed by atoms with van der Waals surface area (Å²) in [6, 6.07) is 0. The van der Waals surface area contributed by atoms with Crippen LogP contribution in [0.1, 0.15) is 0 Å². The molecule has 0 aromatic carbocycles. The maximum atomic E-state index is 11.4. The number of halogens is 1. The van der Waals surface area contributed by atoms with E-state index >= 15 is 0 Å². The van der Waals surface area contributed by atoms with Gasteiger partial charge < -0.3 is 10.3 Å². The van der Waals surface area contributed by atoms with Crippen molar-refractivity contribution in [3.63, 3.8) is 0 Å². The molecule has 0 bridgehead atoms. The normalized spacial score (nSPS) is 10.9. The average Bonchev–Trinajstić information content (AvgIpc) is 2.27. The summed E-state index contributed by atoms with van der Waals surface area (Å²) in [4.78, 5) is 17.7. The molecule has 0 spiro atoms. The molecule has 0 saturated heterocycles. The highest BCUT2D eigenvalue weighted by Gasteiger charge is 2.10. The number of nitrogen functional groups attached to an aromatic ring is 1. The van der Waals surface area contributed by atoms with Crippen molar-refractivity contribution in [2.24, 2.45) is 7.05 Å². The zero-order chi connectivity index (χ0) is 9.59. The van der Waals surface area contributed by atoms with E-state index in [9.17, 15) is 4.79 Å². The largest absolute Gasteiger partial charge is 0.369 e. The number of fused-ring (bicyclic) bond motifs is 1. The van der Waals surface area contributed by atoms with Gasteiger partial charge in [0.1, 0.15) is 5.39 Å². The van der Waals surface area contributed by atoms with Crippen molar-refractivity contribution in [1.82, 2.24) is 14.5 Å². The van der Waals surface area contributed by atoms with E-state index in [-0.39, 0.29) is 11.5 Å². The lowest BCUT2D eigenvalue weighted by atomic mass is 10.4. The molecule has 3 N–H and O–H groups in total. The van der Waals surface area contributed by atoms with Crippen molar-refractivity contribution in [1.29, 1.82) is 0 Å². The fourth-order valence-electron chi connectivity index (χ4n) is 1.24. The number of hydrogen-bond acceptors (Lipinski definition) is 3. The highest BCUT2D eigenvalue weighted by molar-refractivity contribution is 6.35. The Morgan fingerprint density at radius 1 is 1.69 bits per heavy atom. The van der Waals surface area contributed by atoms with E-state index in [4.69, 9.17) is 17.3 Å². The van der Waals surface area contributed by atoms with Gasteiger partial charge in [0.15, 0.2) is 5.65 Å². The number of nitrogens with zero attached hydrogens (tertiary/aromatic N) is 2. The third-order valence-electron chi connectivity index (χ3n) is 1.80. The Balaban J connectivity index is 3.06. The number of H-pyrrole nitrogens is 1. The summed E-state index contributed by atoms with van der Waals surface area (Å²) in [5.41, 5.74) is 5.56. The lowest BCUT2D eigenvalue weighted by Crippen LogP contribution is -2.11. The van der Waals surface area contributed by atoms with E-state index in [0.29, 0.717) is 16.1 Å². The molecule has 0 aliphatic rings. The van der Waals surface area contributed by atoms with Gasteiger partial charge in [-0.2, -0.15) is 4.98 Å². The second kappa shape index (κ2) is 2.50. The first-order chi connectivity index (χ1) is 6.09. The summed E-state index contributed by atoms with van der Waals surface area (Å²) >= 11 is 5.81. The van der Waals surface area contributed by atoms with Crippen LogP contribution < -0.4 is 11.3 Å². The number of anilines is 1. The minimum Gasteiger partial charge on any atom is -0.369 e. The molecule has 0 saturated carbocycles. The summed E-state index contributed by atoms with van der Waals surface area (Å²) in [5, 5.41) is 0.754. The number of hydrogen-bond donors (Lipinski definition) is 2. The number of aromatic amines is 1. The van der Waals surface area contributed by atoms with Gasteiger partial charge in [-0.15, -0.1) is 0 Å². The van der Waals surface area contributed by atoms with Crippen molar-refractivity contribution in [2.45, 2.75) is 0 Å². The van der Waals surface area contributed by atoms with Crippen LogP contribution >= 0.6 is 11.6 Å². The lowest BCUT2D eigenvalue weighted by molar-refractivity contribution is 0.944. The molecule has 2 heterocycles. The van der Waals surface area contributed by atoms with Gasteiger partial charge in [-0.1, -0.05) is 11.6 Å². The summed E-state index contributed by atoms with van der Waals surface area (Å²) in [5.74, 6) is 0.0929. The summed E-state index contributed by atoms with van der Waals surface area (Å²) < 4.78 is 1.66. The van der Waals surface area contributed by atoms with Gasteiger partial charge in [0.2, 0.25) is 5.95 Å². The Morgan fingerprint density at radius 3 is 3.08 bits per heavy atom. The number of nitrogens with two attached hydrogens (primary N) is 1. The van der Waals surface area contributed by atoms with Crippen LogP contribution in [0.25, 0.3) is 11.0 Å². The maximum absolute atomic E-state index is 11.4. The molecule has 5 nitrogen and oxygen atoms in total. The first kappa shape index (κ1) is 8.12. The van der Waals surface area contributed by atoms with Crippen molar-refractivity contribution >= 4 is 28.6 Å². The van der Waals surface area contributed by atoms with E-state index in [0.717, 1.165) is 0 Å². The zero-order valence-corrected chi connectivity index (χ0v) is 7.59. The fourth-order valence-corrected chi connectivity index (χ4v) is 1.56. The molecule has 6 heteroatoms. The zero-order valence-electron chi connectivity index (χ0n) is 6.84. The van der Waals surface area contributed by atoms with E-state index in [1.54, 1.807) is 17.8 Å². The predicted molar refractivity (Wildman–Crippen MR) is 50.8 cm³/mol. The third kappa shape index (κ3) is 1.08. The quantitative estimate of drug-likeness (QED) is 0.647. The molecule has 0 unspecified atom stereocenters. The van der Waals surface area contributed by atoms with Crippen LogP contribution in [0.3, 0.4) is 0 Å². The van der Waals surface area contributed by atoms with E-state index < -0.39 is 0 Å². The lowest BCUT2D eigenvalue weighted by Gasteiger charge is -1.95. The molecule has 0 fully saturated rings. The highest BCUT2D eigenvalue weighted by atomic mass is 35.5. The van der Waals surface area contributed by atoms with Crippen LogP contribution in [-0.2, 0) is 7.05 Å². The molecular weight excluding hydrogens is 192 g/mol. The van der Waals surface area contributed by atoms with Gasteiger partial charge in [0.05, 0.1) is 5.02 Å². The molecule has 68 valence electrons. The first-order valence-corrected chi connectivity index (χ1v) is 3.97. The standard InChI is InChI=1S/C7H7ClN4O/c1-12-2-3(8)4-5(12)10-7(9)11-6(4)13/h2H,1H3,(H3,9,10,11,13). The second-order valence-electron chi connectivity index (χ2n) is 2.74. The molecule has 2 aromatic rings. The molecular formula is C7H7ClN4O. The molecule has 0 radical (unpaired) electrons. The second-order valence-corrected chi connectivity index (χ2v) is 3.14. The van der Waals surface area contributed by atoms with Gasteiger partial charge in [-0.25, -0.2) is 0 Å². The minimum atomic E-state index is -0.312. The van der Waals surface area contributed by atoms with Crippen LogP contribution in [0.15, 0.2) is 11.0 Å². The van der Waals surface area contributed by atoms with Crippen molar-refractivity contribution in [3.05, 3.63) is 21.6 Å². The molecule has 0 aliphatic carbocycles. The van der Waals surface area contributed by atoms with Crippen LogP contribution in [0, 0.1) is 0 Å². The number of nitrogens with one attached hydrogen (secondary N) is 1. The average molecular weight is 199 g/mol. The van der Waals surface area contributed by atoms with Gasteiger partial charge in [-0.3, -0.25) is 9.78 Å². The third-order valence-corrected chi connectivity index (χ3v) is 2.09. The van der Waals surface area contributed by atoms with E-state index in [2.05, 4.69) is 9.97 Å². The van der Waals surface area contributed by atoms with Crippen LogP contribution in [0.2, 0.25) is 5.02 Å². The predicted octanol–water partition coefficient (Wildman–Crippen LogP) is 0.497. The Kier molecular flexibility index (Phi) is 1.56. The molecule has 0 aliphatic heterocycles. The smallest absolute Gasteiger partial charge is 0.263 e. The van der Waals surface area contributed by atoms with Crippen LogP contribution in [-0.4, -0.2) is 14.5 Å². The summed E-state index contributed by atoms with van der Waals surface area (Å²) in [6.07, 6.45) is 1.62. The van der Waals surface area contributed by atoms with Gasteiger partial charge >= 0.3 is 0 Å². The monoisotopic (exact) mass is 198 g/mol. The fraction of sp³-hybridized carbons (Fsp3) is 0.143. The minimum absolute atomic E-state index is 0.0929. The first-order valence-electron chi connectivity index (χ1n) is 3.60. The molecule has 13 heavy (non-hydrogen) atoms. The van der Waals surface area contributed by atoms with E-state index in [1.165, 1.54) is 0 Å². The Hall–Kier alpha value is -1.49. The molecule has 2 rings (SSSR count). The Labute approximate surface area is 78.1 Å². The van der Waals surface area contributed by atoms with Crippen LogP contribution in [0.5, 0.6) is 0 Å². The van der Waals surface area contributed by atoms with Gasteiger partial charge in [-0.05, 0) is 0 Å². The van der Waals surface area contributed by atoms with Crippen molar-refractivity contribution in [2.75, 3.05) is 5.73 Å². The molecule has 2 aromatic heterocycles. The van der Waals surface area contributed by atoms with Crippen molar-refractivity contribution < 1.29 is 0 Å². The van der Waals surface area contributed by atoms with Gasteiger partial charge in [0, 0.05) is 13.2 Å². The van der Waals surface area contributed by atoms with Crippen molar-refractivity contribution in [3.8, 4) is 0 Å². The number of rotatable bonds is 0. The highest BCUT2D eigenvalue weighted by Crippen LogP contribution is 2.19. The summed E-state index contributed by atoms with van der Waals surface area (Å²) in [7, 11) is 1.75. The SMILES string of the molecule is Cn1cc(Cl)c2c(=O)[nH]c(N)nc21. The summed E-state index contributed by atoms with van der Waals surface area (Å²) in [6.45, 7) is 0.